The van der Waals surface area contributed by atoms with E-state index in [1.165, 1.54) is 0 Å². The number of anilines is 2. The second kappa shape index (κ2) is 8.91. The van der Waals surface area contributed by atoms with Gasteiger partial charge in [-0.2, -0.15) is 0 Å². The van der Waals surface area contributed by atoms with Gasteiger partial charge >= 0.3 is 0 Å². The highest BCUT2D eigenvalue weighted by Gasteiger charge is 2.81. The smallest absolute Gasteiger partial charge is 0.251 e. The van der Waals surface area contributed by atoms with Gasteiger partial charge in [-0.05, 0) is 86.3 Å². The number of halogens is 1. The van der Waals surface area contributed by atoms with Gasteiger partial charge in [-0.3, -0.25) is 19.3 Å². The molecule has 0 radical (unpaired) electrons. The first-order valence-electron chi connectivity index (χ1n) is 13.9. The number of benzene rings is 3. The van der Waals surface area contributed by atoms with Gasteiger partial charge in [-0.25, -0.2) is 0 Å². The Labute approximate surface area is 237 Å². The number of nitrogens with one attached hydrogen (secondary N) is 2. The summed E-state index contributed by atoms with van der Waals surface area (Å²) in [5, 5.41) is 6.68. The van der Waals surface area contributed by atoms with Crippen molar-refractivity contribution < 1.29 is 19.1 Å². The zero-order chi connectivity index (χ0) is 27.8. The molecule has 7 rings (SSSR count). The molecular formula is C32H30ClN3O4. The molecule has 7 nitrogen and oxygen atoms in total. The van der Waals surface area contributed by atoms with E-state index in [1.807, 2.05) is 44.2 Å². The molecule has 0 unspecified atom stereocenters. The van der Waals surface area contributed by atoms with Crippen LogP contribution in [0.3, 0.4) is 0 Å². The monoisotopic (exact) mass is 555 g/mol. The number of carbonyl (C=O) groups excluding carboxylic acids is 3. The van der Waals surface area contributed by atoms with Crippen LogP contribution in [0, 0.1) is 12.8 Å². The van der Waals surface area contributed by atoms with Crippen LogP contribution in [0.25, 0.3) is 0 Å². The molecule has 2 amide bonds. The first-order chi connectivity index (χ1) is 19.3. The first kappa shape index (κ1) is 25.3. The van der Waals surface area contributed by atoms with Crippen molar-refractivity contribution >= 4 is 40.6 Å². The molecule has 2 spiro atoms. The van der Waals surface area contributed by atoms with Gasteiger partial charge in [-0.1, -0.05) is 36.7 Å². The van der Waals surface area contributed by atoms with E-state index < -0.39 is 16.9 Å². The number of para-hydroxylation sites is 1. The normalized spacial score (nSPS) is 28.0. The molecule has 40 heavy (non-hydrogen) atoms. The summed E-state index contributed by atoms with van der Waals surface area (Å²) in [5.74, 6) is -0.869. The maximum Gasteiger partial charge on any atom is 0.251 e. The molecule has 4 aliphatic heterocycles. The minimum atomic E-state index is -1.49. The van der Waals surface area contributed by atoms with Gasteiger partial charge in [0.15, 0.2) is 5.78 Å². The lowest BCUT2D eigenvalue weighted by molar-refractivity contribution is -0.137. The van der Waals surface area contributed by atoms with E-state index in [1.54, 1.807) is 30.3 Å². The molecule has 0 saturated carbocycles. The van der Waals surface area contributed by atoms with Gasteiger partial charge < -0.3 is 15.4 Å². The molecular weight excluding hydrogens is 526 g/mol. The molecule has 204 valence electrons. The lowest BCUT2D eigenvalue weighted by atomic mass is 9.57. The van der Waals surface area contributed by atoms with Gasteiger partial charge in [0.1, 0.15) is 16.7 Å². The van der Waals surface area contributed by atoms with Crippen LogP contribution in [0.2, 0.25) is 5.02 Å². The third kappa shape index (κ3) is 3.02. The number of aryl methyl sites for hydroxylation is 1. The summed E-state index contributed by atoms with van der Waals surface area (Å²) < 4.78 is 5.74. The van der Waals surface area contributed by atoms with E-state index >= 15 is 0 Å². The van der Waals surface area contributed by atoms with Crippen molar-refractivity contribution in [2.45, 2.75) is 50.1 Å². The van der Waals surface area contributed by atoms with Gasteiger partial charge in [0, 0.05) is 33.6 Å². The highest BCUT2D eigenvalue weighted by atomic mass is 35.5. The van der Waals surface area contributed by atoms with Crippen LogP contribution in [0.5, 0.6) is 5.75 Å². The predicted molar refractivity (Wildman–Crippen MR) is 153 cm³/mol. The van der Waals surface area contributed by atoms with Crippen LogP contribution < -0.4 is 15.4 Å². The number of hydrogen-bond donors (Lipinski definition) is 2. The molecule has 4 aliphatic rings. The average Bonchev–Trinajstić information content (AvgIpc) is 3.67. The molecule has 3 aromatic carbocycles. The van der Waals surface area contributed by atoms with Crippen molar-refractivity contribution in [1.82, 2.24) is 4.90 Å². The van der Waals surface area contributed by atoms with Crippen LogP contribution in [0.15, 0.2) is 60.7 Å². The Bertz CT molecular complexity index is 1590. The van der Waals surface area contributed by atoms with Crippen LogP contribution in [-0.2, 0) is 20.5 Å². The van der Waals surface area contributed by atoms with E-state index in [0.29, 0.717) is 58.4 Å². The topological polar surface area (TPSA) is 87.7 Å². The van der Waals surface area contributed by atoms with Crippen molar-refractivity contribution in [1.29, 1.82) is 0 Å². The number of rotatable bonds is 5. The Morgan fingerprint density at radius 1 is 1.05 bits per heavy atom. The Balaban J connectivity index is 1.50. The molecule has 0 aliphatic carbocycles. The molecule has 2 saturated heterocycles. The Morgan fingerprint density at radius 2 is 1.82 bits per heavy atom. The Kier molecular flexibility index (Phi) is 5.64. The van der Waals surface area contributed by atoms with Crippen LogP contribution in [0.1, 0.15) is 53.2 Å². The molecule has 4 heterocycles. The van der Waals surface area contributed by atoms with E-state index in [2.05, 4.69) is 15.5 Å². The Hall–Kier alpha value is -3.68. The summed E-state index contributed by atoms with van der Waals surface area (Å²) in [6.45, 7) is 5.12. The summed E-state index contributed by atoms with van der Waals surface area (Å²) in [5.41, 5.74) is 1.04. The minimum absolute atomic E-state index is 0.150. The molecule has 2 fully saturated rings. The van der Waals surface area contributed by atoms with Gasteiger partial charge in [0.05, 0.1) is 12.5 Å². The molecule has 0 aromatic heterocycles. The fourth-order valence-corrected chi connectivity index (χ4v) is 8.20. The number of Topliss-reactive ketones (excluding diaryl/α,β-unsaturated/α-hetero) is 1. The highest BCUT2D eigenvalue weighted by Crippen LogP contribution is 2.68. The summed E-state index contributed by atoms with van der Waals surface area (Å²) >= 11 is 6.62. The van der Waals surface area contributed by atoms with Gasteiger partial charge in [0.25, 0.3) is 5.91 Å². The first-order valence-corrected chi connectivity index (χ1v) is 14.3. The second-order valence-electron chi connectivity index (χ2n) is 11.2. The minimum Gasteiger partial charge on any atom is -0.494 e. The number of ether oxygens (including phenoxy) is 1. The van der Waals surface area contributed by atoms with Gasteiger partial charge in [0.2, 0.25) is 5.91 Å². The maximum atomic E-state index is 14.7. The van der Waals surface area contributed by atoms with Crippen LogP contribution >= 0.6 is 11.6 Å². The van der Waals surface area contributed by atoms with E-state index in [9.17, 15) is 14.4 Å². The highest BCUT2D eigenvalue weighted by molar-refractivity contribution is 6.31. The lowest BCUT2D eigenvalue weighted by Crippen LogP contribution is -2.62. The third-order valence-corrected chi connectivity index (χ3v) is 9.48. The molecule has 0 bridgehead atoms. The second-order valence-corrected chi connectivity index (χ2v) is 11.7. The SMILES string of the molecule is CCCOc1ccc(C(=O)[C@H]2[C@@H]3CCCN3[C@@]3(C(=O)Nc4c(C)cc(Cl)cc43)[C@]23C(=O)Nc2ccccc23)cc1. The average molecular weight is 556 g/mol. The maximum absolute atomic E-state index is 14.7. The molecule has 4 atom stereocenters. The van der Waals surface area contributed by atoms with E-state index in [4.69, 9.17) is 16.3 Å². The Morgan fingerprint density at radius 3 is 2.60 bits per heavy atom. The standard InChI is InChI=1S/C32H30ClN3O4/c1-3-15-40-21-12-10-19(11-13-21)28(37)26-25-9-6-14-36(25)32(23-17-20(33)16-18(2)27(23)35-30(32)39)31(26)22-7-4-5-8-24(22)34-29(31)38/h4-5,7-8,10-13,16-17,25-26H,3,6,9,14-15H2,1-2H3,(H,34,38)(H,35,39)/t25-,26+,31-,32-/m0/s1. The predicted octanol–water partition coefficient (Wildman–Crippen LogP) is 5.45. The van der Waals surface area contributed by atoms with Crippen LogP contribution in [0.4, 0.5) is 11.4 Å². The molecule has 2 N–H and O–H groups in total. The summed E-state index contributed by atoms with van der Waals surface area (Å²) in [7, 11) is 0. The fourth-order valence-electron chi connectivity index (χ4n) is 7.93. The van der Waals surface area contributed by atoms with E-state index in [0.717, 1.165) is 18.4 Å². The lowest BCUT2D eigenvalue weighted by Gasteiger charge is -2.43. The quantitative estimate of drug-likeness (QED) is 0.409. The van der Waals surface area contributed by atoms with Crippen molar-refractivity contribution in [3.63, 3.8) is 0 Å². The van der Waals surface area contributed by atoms with Crippen molar-refractivity contribution in [2.75, 3.05) is 23.8 Å². The summed E-state index contributed by atoms with van der Waals surface area (Å²) in [6, 6.07) is 17.9. The molecule has 8 heteroatoms. The zero-order valence-corrected chi connectivity index (χ0v) is 23.2. The largest absolute Gasteiger partial charge is 0.494 e. The third-order valence-electron chi connectivity index (χ3n) is 9.26. The number of fused-ring (bicyclic) bond motifs is 7. The number of hydrogen-bond acceptors (Lipinski definition) is 5. The van der Waals surface area contributed by atoms with Gasteiger partial charge in [-0.15, -0.1) is 0 Å². The zero-order valence-electron chi connectivity index (χ0n) is 22.4. The van der Waals surface area contributed by atoms with Crippen molar-refractivity contribution in [2.24, 2.45) is 5.92 Å². The summed E-state index contributed by atoms with van der Waals surface area (Å²) in [4.78, 5) is 45.9. The number of nitrogens with zero attached hydrogens (tertiary/aromatic N) is 1. The van der Waals surface area contributed by atoms with Crippen molar-refractivity contribution in [3.8, 4) is 5.75 Å². The number of carbonyl (C=O) groups is 3. The van der Waals surface area contributed by atoms with Crippen LogP contribution in [-0.4, -0.2) is 41.7 Å². The summed E-state index contributed by atoms with van der Waals surface area (Å²) in [6.07, 6.45) is 2.41. The van der Waals surface area contributed by atoms with E-state index in [-0.39, 0.29) is 23.6 Å². The fraction of sp³-hybridized carbons (Fsp3) is 0.344. The molecule has 3 aromatic rings. The number of ketones is 1. The number of amides is 2. The van der Waals surface area contributed by atoms with Crippen molar-refractivity contribution in [3.05, 3.63) is 87.9 Å².